The first kappa shape index (κ1) is 12.0. The molecule has 0 radical (unpaired) electrons. The van der Waals surface area contributed by atoms with Crippen molar-refractivity contribution < 1.29 is 0 Å². The van der Waals surface area contributed by atoms with Gasteiger partial charge < -0.3 is 0 Å². The third kappa shape index (κ3) is 8.87. The lowest BCUT2D eigenvalue weighted by Gasteiger charge is -1.92. The van der Waals surface area contributed by atoms with E-state index in [2.05, 4.69) is 45.1 Å². The Morgan fingerprint density at radius 3 is 2.23 bits per heavy atom. The third-order valence-corrected chi connectivity index (χ3v) is 1.58. The summed E-state index contributed by atoms with van der Waals surface area (Å²) in [5.41, 5.74) is 2.73. The van der Waals surface area contributed by atoms with Crippen molar-refractivity contribution in [3.8, 4) is 0 Å². The van der Waals surface area contributed by atoms with E-state index >= 15 is 0 Å². The maximum Gasteiger partial charge on any atom is -0.0135 e. The van der Waals surface area contributed by atoms with Crippen molar-refractivity contribution in [3.05, 3.63) is 47.6 Å². The Labute approximate surface area is 82.4 Å². The lowest BCUT2D eigenvalue weighted by atomic mass is 10.1. The van der Waals surface area contributed by atoms with Crippen molar-refractivity contribution >= 4 is 0 Å². The number of hydrogen-bond acceptors (Lipinski definition) is 0. The largest absolute Gasteiger partial charge is 0.0877 e. The van der Waals surface area contributed by atoms with Crippen molar-refractivity contribution in [2.24, 2.45) is 0 Å². The second-order valence-corrected chi connectivity index (χ2v) is 3.42. The first-order valence-electron chi connectivity index (χ1n) is 4.75. The highest BCUT2D eigenvalue weighted by Crippen LogP contribution is 2.02. The predicted octanol–water partition coefficient (Wildman–Crippen LogP) is 4.42. The zero-order chi connectivity index (χ0) is 10.1. The van der Waals surface area contributed by atoms with E-state index in [4.69, 9.17) is 0 Å². The van der Waals surface area contributed by atoms with Crippen molar-refractivity contribution in [1.29, 1.82) is 0 Å². The van der Waals surface area contributed by atoms with Crippen LogP contribution in [0.1, 0.15) is 34.1 Å². The van der Waals surface area contributed by atoms with Crippen molar-refractivity contribution in [3.63, 3.8) is 0 Å². The van der Waals surface area contributed by atoms with Crippen LogP contribution in [-0.4, -0.2) is 0 Å². The summed E-state index contributed by atoms with van der Waals surface area (Å²) in [6, 6.07) is 0. The highest BCUT2D eigenvalue weighted by molar-refractivity contribution is 5.17. The highest BCUT2D eigenvalue weighted by Gasteiger charge is 1.82. The molecule has 0 bridgehead atoms. The average molecular weight is 176 g/mol. The minimum absolute atomic E-state index is 1.04. The average Bonchev–Trinajstić information content (AvgIpc) is 2.09. The normalized spacial score (nSPS) is 12.8. The molecule has 0 aromatic carbocycles. The molecule has 0 aliphatic heterocycles. The van der Waals surface area contributed by atoms with Gasteiger partial charge in [0.2, 0.25) is 0 Å². The SMILES string of the molecule is C/C=C\C=C/C/C(C)=C/C=C(C)C. The minimum atomic E-state index is 1.04. The molecule has 72 valence electrons. The molecule has 0 aliphatic carbocycles. The number of rotatable bonds is 4. The first-order valence-corrected chi connectivity index (χ1v) is 4.75. The fourth-order valence-corrected chi connectivity index (χ4v) is 0.821. The standard InChI is InChI=1S/C13H20/c1-5-6-7-8-9-13(4)11-10-12(2)3/h5-8,10-11H,9H2,1-4H3/b6-5-,8-7-,13-11+. The molecule has 0 nitrogen and oxygen atoms in total. The van der Waals surface area contributed by atoms with Crippen LogP contribution in [0.5, 0.6) is 0 Å². The second kappa shape index (κ2) is 7.60. The number of allylic oxidation sites excluding steroid dienone is 8. The smallest absolute Gasteiger partial charge is 0.0135 e. The van der Waals surface area contributed by atoms with Crippen LogP contribution in [0.25, 0.3) is 0 Å². The summed E-state index contributed by atoms with van der Waals surface area (Å²) in [7, 11) is 0. The van der Waals surface area contributed by atoms with Crippen LogP contribution in [0.4, 0.5) is 0 Å². The lowest BCUT2D eigenvalue weighted by Crippen LogP contribution is -1.71. The van der Waals surface area contributed by atoms with Crippen LogP contribution in [0.2, 0.25) is 0 Å². The van der Waals surface area contributed by atoms with E-state index in [-0.39, 0.29) is 0 Å². The van der Waals surface area contributed by atoms with Crippen LogP contribution in [-0.2, 0) is 0 Å². The van der Waals surface area contributed by atoms with Gasteiger partial charge in [-0.05, 0) is 34.1 Å². The molecule has 0 spiro atoms. The van der Waals surface area contributed by atoms with Gasteiger partial charge in [0, 0.05) is 0 Å². The monoisotopic (exact) mass is 176 g/mol. The highest BCUT2D eigenvalue weighted by atomic mass is 13.9. The fraction of sp³-hybridized carbons (Fsp3) is 0.385. The first-order chi connectivity index (χ1) is 6.16. The molecule has 0 N–H and O–H groups in total. The van der Waals surface area contributed by atoms with Gasteiger partial charge in [-0.2, -0.15) is 0 Å². The molecule has 0 fully saturated rings. The van der Waals surface area contributed by atoms with E-state index < -0.39 is 0 Å². The maximum absolute atomic E-state index is 2.18. The molecule has 0 amide bonds. The van der Waals surface area contributed by atoms with Crippen LogP contribution < -0.4 is 0 Å². The predicted molar refractivity (Wildman–Crippen MR) is 61.8 cm³/mol. The summed E-state index contributed by atoms with van der Waals surface area (Å²) in [6.45, 7) is 8.40. The summed E-state index contributed by atoms with van der Waals surface area (Å²) in [5.74, 6) is 0. The van der Waals surface area contributed by atoms with Crippen molar-refractivity contribution in [2.75, 3.05) is 0 Å². The van der Waals surface area contributed by atoms with Gasteiger partial charge in [-0.15, -0.1) is 0 Å². The van der Waals surface area contributed by atoms with E-state index in [0.29, 0.717) is 0 Å². The quantitative estimate of drug-likeness (QED) is 0.556. The van der Waals surface area contributed by atoms with E-state index in [1.54, 1.807) is 0 Å². The van der Waals surface area contributed by atoms with Gasteiger partial charge in [0.15, 0.2) is 0 Å². The zero-order valence-corrected chi connectivity index (χ0v) is 9.17. The molecular formula is C13H20. The van der Waals surface area contributed by atoms with Gasteiger partial charge in [0.05, 0.1) is 0 Å². The summed E-state index contributed by atoms with van der Waals surface area (Å²) >= 11 is 0. The van der Waals surface area contributed by atoms with Gasteiger partial charge in [-0.1, -0.05) is 47.6 Å². The van der Waals surface area contributed by atoms with Crippen LogP contribution in [0.3, 0.4) is 0 Å². The Bertz CT molecular complexity index is 233. The third-order valence-electron chi connectivity index (χ3n) is 1.58. The van der Waals surface area contributed by atoms with Crippen molar-refractivity contribution in [1.82, 2.24) is 0 Å². The molecule has 0 heteroatoms. The molecule has 0 saturated heterocycles. The van der Waals surface area contributed by atoms with E-state index in [1.807, 2.05) is 19.1 Å². The van der Waals surface area contributed by atoms with Gasteiger partial charge in [0.25, 0.3) is 0 Å². The van der Waals surface area contributed by atoms with Crippen LogP contribution >= 0.6 is 0 Å². The number of hydrogen-bond donors (Lipinski definition) is 0. The molecule has 0 aliphatic rings. The Hall–Kier alpha value is -1.04. The Morgan fingerprint density at radius 1 is 1.00 bits per heavy atom. The Morgan fingerprint density at radius 2 is 1.69 bits per heavy atom. The van der Waals surface area contributed by atoms with Crippen LogP contribution in [0, 0.1) is 0 Å². The molecular weight excluding hydrogens is 156 g/mol. The molecule has 0 aromatic rings. The van der Waals surface area contributed by atoms with Gasteiger partial charge in [-0.3, -0.25) is 0 Å². The minimum Gasteiger partial charge on any atom is -0.0877 e. The second-order valence-electron chi connectivity index (χ2n) is 3.42. The molecule has 13 heavy (non-hydrogen) atoms. The Balaban J connectivity index is 3.93. The maximum atomic E-state index is 2.18. The molecule has 0 rings (SSSR count). The summed E-state index contributed by atoms with van der Waals surface area (Å²) in [4.78, 5) is 0. The van der Waals surface area contributed by atoms with Gasteiger partial charge >= 0.3 is 0 Å². The summed E-state index contributed by atoms with van der Waals surface area (Å²) in [5, 5.41) is 0. The van der Waals surface area contributed by atoms with Gasteiger partial charge in [0.1, 0.15) is 0 Å². The van der Waals surface area contributed by atoms with Crippen LogP contribution in [0.15, 0.2) is 47.6 Å². The fourth-order valence-electron chi connectivity index (χ4n) is 0.821. The summed E-state index contributed by atoms with van der Waals surface area (Å²) in [6.07, 6.45) is 13.7. The van der Waals surface area contributed by atoms with E-state index in [1.165, 1.54) is 11.1 Å². The molecule has 0 aromatic heterocycles. The molecule has 0 atom stereocenters. The van der Waals surface area contributed by atoms with E-state index in [9.17, 15) is 0 Å². The topological polar surface area (TPSA) is 0 Å². The molecule has 0 heterocycles. The Kier molecular flexibility index (Phi) is 6.99. The lowest BCUT2D eigenvalue weighted by molar-refractivity contribution is 1.21. The van der Waals surface area contributed by atoms with Crippen molar-refractivity contribution in [2.45, 2.75) is 34.1 Å². The molecule has 0 saturated carbocycles. The van der Waals surface area contributed by atoms with Gasteiger partial charge in [-0.25, -0.2) is 0 Å². The molecule has 0 unspecified atom stereocenters. The summed E-state index contributed by atoms with van der Waals surface area (Å²) < 4.78 is 0. The zero-order valence-electron chi connectivity index (χ0n) is 9.17. The van der Waals surface area contributed by atoms with E-state index in [0.717, 1.165) is 6.42 Å².